The lowest BCUT2D eigenvalue weighted by molar-refractivity contribution is 0.102. The number of ketones is 1. The Kier molecular flexibility index (Phi) is 5.56. The van der Waals surface area contributed by atoms with Gasteiger partial charge < -0.3 is 4.90 Å². The molecule has 1 rings (SSSR count). The second-order valence-corrected chi connectivity index (χ2v) is 5.48. The zero-order valence-electron chi connectivity index (χ0n) is 11.1. The van der Waals surface area contributed by atoms with Crippen LogP contribution in [0.15, 0.2) is 18.2 Å². The summed E-state index contributed by atoms with van der Waals surface area (Å²) in [6, 6.07) is 5.94. The molecular formula is C14H21NOS. The quantitative estimate of drug-likeness (QED) is 0.571. The van der Waals surface area contributed by atoms with Crippen LogP contribution in [0.3, 0.4) is 0 Å². The van der Waals surface area contributed by atoms with E-state index in [1.165, 1.54) is 5.69 Å². The Morgan fingerprint density at radius 1 is 1.35 bits per heavy atom. The Bertz CT molecular complexity index is 388. The van der Waals surface area contributed by atoms with Crippen LogP contribution >= 0.6 is 11.8 Å². The van der Waals surface area contributed by atoms with Gasteiger partial charge in [0.25, 0.3) is 0 Å². The van der Waals surface area contributed by atoms with Crippen LogP contribution in [0.5, 0.6) is 0 Å². The highest BCUT2D eigenvalue weighted by Gasteiger charge is 2.08. The predicted octanol–water partition coefficient (Wildman–Crippen LogP) is 3.39. The van der Waals surface area contributed by atoms with Gasteiger partial charge in [0, 0.05) is 25.3 Å². The molecule has 17 heavy (non-hydrogen) atoms. The third-order valence-electron chi connectivity index (χ3n) is 2.58. The van der Waals surface area contributed by atoms with Crippen molar-refractivity contribution >= 4 is 23.2 Å². The van der Waals surface area contributed by atoms with Crippen LogP contribution in [0, 0.1) is 6.92 Å². The number of rotatable bonds is 6. The number of aryl methyl sites for hydroxylation is 1. The Hall–Kier alpha value is -0.960. The fourth-order valence-corrected chi connectivity index (χ4v) is 2.51. The van der Waals surface area contributed by atoms with Crippen molar-refractivity contribution in [2.24, 2.45) is 0 Å². The first-order chi connectivity index (χ1) is 8.06. The standard InChI is InChI=1S/C14H21NOS/c1-5-8-17-10-14(16)12-6-7-13(15(3)4)11(2)9-12/h6-7,9H,5,8,10H2,1-4H3. The summed E-state index contributed by atoms with van der Waals surface area (Å²) in [5.74, 6) is 1.88. The van der Waals surface area contributed by atoms with Gasteiger partial charge in [0.2, 0.25) is 0 Å². The molecule has 0 aliphatic heterocycles. The number of thioether (sulfide) groups is 1. The largest absolute Gasteiger partial charge is 0.377 e. The van der Waals surface area contributed by atoms with Gasteiger partial charge in [-0.25, -0.2) is 0 Å². The molecule has 0 bridgehead atoms. The molecule has 0 saturated carbocycles. The number of carbonyl (C=O) groups is 1. The number of nitrogens with zero attached hydrogens (tertiary/aromatic N) is 1. The summed E-state index contributed by atoms with van der Waals surface area (Å²) in [4.78, 5) is 14.0. The molecule has 0 heterocycles. The average Bonchev–Trinajstić information content (AvgIpc) is 2.28. The molecule has 0 atom stereocenters. The number of Topliss-reactive ketones (excluding diaryl/α,β-unsaturated/α-hetero) is 1. The summed E-state index contributed by atoms with van der Waals surface area (Å²) in [5, 5.41) is 0. The van der Waals surface area contributed by atoms with Gasteiger partial charge in [-0.1, -0.05) is 6.92 Å². The van der Waals surface area contributed by atoms with Crippen molar-refractivity contribution in [3.05, 3.63) is 29.3 Å². The molecule has 1 aromatic carbocycles. The summed E-state index contributed by atoms with van der Waals surface area (Å²) in [6.07, 6.45) is 1.12. The SMILES string of the molecule is CCCSCC(=O)c1ccc(N(C)C)c(C)c1. The average molecular weight is 251 g/mol. The van der Waals surface area contributed by atoms with Gasteiger partial charge in [0.15, 0.2) is 5.78 Å². The van der Waals surface area contributed by atoms with Crippen molar-refractivity contribution in [3.8, 4) is 0 Å². The van der Waals surface area contributed by atoms with E-state index < -0.39 is 0 Å². The van der Waals surface area contributed by atoms with E-state index in [0.29, 0.717) is 5.75 Å². The van der Waals surface area contributed by atoms with E-state index in [2.05, 4.69) is 11.8 Å². The van der Waals surface area contributed by atoms with Gasteiger partial charge in [-0.2, -0.15) is 11.8 Å². The molecule has 2 nitrogen and oxygen atoms in total. The second kappa shape index (κ2) is 6.70. The molecule has 0 radical (unpaired) electrons. The minimum absolute atomic E-state index is 0.233. The molecule has 94 valence electrons. The second-order valence-electron chi connectivity index (χ2n) is 4.37. The van der Waals surface area contributed by atoms with Crippen LogP contribution in [0.2, 0.25) is 0 Å². The summed E-state index contributed by atoms with van der Waals surface area (Å²) in [5.41, 5.74) is 3.15. The molecule has 0 aromatic heterocycles. The minimum atomic E-state index is 0.233. The molecule has 1 aromatic rings. The zero-order valence-corrected chi connectivity index (χ0v) is 11.9. The molecule has 0 aliphatic rings. The Labute approximate surface area is 108 Å². The topological polar surface area (TPSA) is 20.3 Å². The van der Waals surface area contributed by atoms with Gasteiger partial charge in [-0.05, 0) is 42.9 Å². The van der Waals surface area contributed by atoms with Crippen LogP contribution in [0.25, 0.3) is 0 Å². The van der Waals surface area contributed by atoms with Gasteiger partial charge >= 0.3 is 0 Å². The first-order valence-electron chi connectivity index (χ1n) is 5.95. The number of hydrogen-bond donors (Lipinski definition) is 0. The van der Waals surface area contributed by atoms with Crippen molar-refractivity contribution < 1.29 is 4.79 Å². The summed E-state index contributed by atoms with van der Waals surface area (Å²) in [7, 11) is 4.03. The smallest absolute Gasteiger partial charge is 0.172 e. The summed E-state index contributed by atoms with van der Waals surface area (Å²) in [6.45, 7) is 4.18. The molecule has 0 fully saturated rings. The van der Waals surface area contributed by atoms with E-state index in [1.54, 1.807) is 11.8 Å². The molecule has 0 aliphatic carbocycles. The molecule has 0 unspecified atom stereocenters. The van der Waals surface area contributed by atoms with E-state index in [4.69, 9.17) is 0 Å². The molecule has 3 heteroatoms. The third-order valence-corrected chi connectivity index (χ3v) is 3.75. The monoisotopic (exact) mass is 251 g/mol. The maximum atomic E-state index is 11.9. The fourth-order valence-electron chi connectivity index (χ4n) is 1.72. The normalized spacial score (nSPS) is 10.4. The Morgan fingerprint density at radius 2 is 2.06 bits per heavy atom. The molecule has 0 N–H and O–H groups in total. The lowest BCUT2D eigenvalue weighted by atomic mass is 10.1. The highest BCUT2D eigenvalue weighted by Crippen LogP contribution is 2.20. The van der Waals surface area contributed by atoms with Crippen molar-refractivity contribution in [3.63, 3.8) is 0 Å². The van der Waals surface area contributed by atoms with Crippen LogP contribution in [-0.4, -0.2) is 31.4 Å². The molecular weight excluding hydrogens is 230 g/mol. The van der Waals surface area contributed by atoms with E-state index >= 15 is 0 Å². The summed E-state index contributed by atoms with van der Waals surface area (Å²) < 4.78 is 0. The number of hydrogen-bond acceptors (Lipinski definition) is 3. The van der Waals surface area contributed by atoms with Gasteiger partial charge in [-0.3, -0.25) is 4.79 Å². The highest BCUT2D eigenvalue weighted by molar-refractivity contribution is 7.99. The fraction of sp³-hybridized carbons (Fsp3) is 0.500. The first-order valence-corrected chi connectivity index (χ1v) is 7.10. The van der Waals surface area contributed by atoms with E-state index in [1.807, 2.05) is 39.2 Å². The zero-order chi connectivity index (χ0) is 12.8. The van der Waals surface area contributed by atoms with Crippen LogP contribution < -0.4 is 4.90 Å². The molecule has 0 saturated heterocycles. The first kappa shape index (κ1) is 14.1. The molecule has 0 spiro atoms. The Balaban J connectivity index is 2.72. The van der Waals surface area contributed by atoms with Crippen LogP contribution in [0.1, 0.15) is 29.3 Å². The van der Waals surface area contributed by atoms with Gasteiger partial charge in [0.1, 0.15) is 0 Å². The lowest BCUT2D eigenvalue weighted by Gasteiger charge is -2.16. The van der Waals surface area contributed by atoms with Crippen molar-refractivity contribution in [2.75, 3.05) is 30.5 Å². The predicted molar refractivity (Wildman–Crippen MR) is 77.5 cm³/mol. The van der Waals surface area contributed by atoms with Gasteiger partial charge in [0.05, 0.1) is 5.75 Å². The van der Waals surface area contributed by atoms with E-state index in [-0.39, 0.29) is 5.78 Å². The van der Waals surface area contributed by atoms with Crippen molar-refractivity contribution in [2.45, 2.75) is 20.3 Å². The van der Waals surface area contributed by atoms with E-state index in [0.717, 1.165) is 23.3 Å². The number of carbonyl (C=O) groups excluding carboxylic acids is 1. The maximum Gasteiger partial charge on any atom is 0.172 e. The van der Waals surface area contributed by atoms with E-state index in [9.17, 15) is 4.79 Å². The number of benzene rings is 1. The number of anilines is 1. The van der Waals surface area contributed by atoms with Gasteiger partial charge in [-0.15, -0.1) is 0 Å². The maximum absolute atomic E-state index is 11.9. The van der Waals surface area contributed by atoms with Crippen LogP contribution in [0.4, 0.5) is 5.69 Å². The van der Waals surface area contributed by atoms with Crippen molar-refractivity contribution in [1.82, 2.24) is 0 Å². The summed E-state index contributed by atoms with van der Waals surface area (Å²) >= 11 is 1.71. The molecule has 0 amide bonds. The minimum Gasteiger partial charge on any atom is -0.377 e. The Morgan fingerprint density at radius 3 is 2.59 bits per heavy atom. The highest BCUT2D eigenvalue weighted by atomic mass is 32.2. The lowest BCUT2D eigenvalue weighted by Crippen LogP contribution is -2.11. The van der Waals surface area contributed by atoms with Crippen LogP contribution in [-0.2, 0) is 0 Å². The van der Waals surface area contributed by atoms with Crippen molar-refractivity contribution in [1.29, 1.82) is 0 Å². The third kappa shape index (κ3) is 4.08.